The van der Waals surface area contributed by atoms with Crippen LogP contribution in [0.1, 0.15) is 19.3 Å². The van der Waals surface area contributed by atoms with Gasteiger partial charge in [0.05, 0.1) is 0 Å². The standard InChI is InChI=1S/C10H16BO5P.Y/c1-13-10-4-6(10)3-9(16-17(12)14-2)5-7(11)15-8(9)10;/h6-8,17H,3-5H2,1-2H3;/t6-,7-,8?,9+,10-;/m1./s1. The maximum Gasteiger partial charge on any atom is 0.319 e. The molecule has 3 radical (unpaired) electrons. The van der Waals surface area contributed by atoms with E-state index in [9.17, 15) is 4.57 Å². The Labute approximate surface area is 134 Å². The molecule has 0 bridgehead atoms. The van der Waals surface area contributed by atoms with Crippen molar-refractivity contribution >= 4 is 16.1 Å². The van der Waals surface area contributed by atoms with E-state index in [2.05, 4.69) is 0 Å². The molecule has 0 spiro atoms. The summed E-state index contributed by atoms with van der Waals surface area (Å²) in [5, 5.41) is 0. The van der Waals surface area contributed by atoms with E-state index in [0.717, 1.165) is 12.8 Å². The molecule has 3 aliphatic rings. The van der Waals surface area contributed by atoms with E-state index in [1.807, 2.05) is 0 Å². The summed E-state index contributed by atoms with van der Waals surface area (Å²) < 4.78 is 33.2. The maximum atomic E-state index is 11.5. The minimum Gasteiger partial charge on any atom is -0.379 e. The molecular formula is C10H16BO5PY. The van der Waals surface area contributed by atoms with Crippen LogP contribution < -0.4 is 0 Å². The van der Waals surface area contributed by atoms with E-state index in [-0.39, 0.29) is 50.4 Å². The Bertz CT molecular complexity index is 368. The van der Waals surface area contributed by atoms with Crippen LogP contribution in [0.5, 0.6) is 0 Å². The Balaban J connectivity index is 0.00000120. The molecule has 1 aliphatic heterocycles. The van der Waals surface area contributed by atoms with Gasteiger partial charge >= 0.3 is 8.25 Å². The minimum absolute atomic E-state index is 0. The summed E-state index contributed by atoms with van der Waals surface area (Å²) in [7, 11) is 6.42. The Morgan fingerprint density at radius 1 is 1.33 bits per heavy atom. The minimum atomic E-state index is -2.48. The molecule has 6 atom stereocenters. The zero-order valence-corrected chi connectivity index (χ0v) is 14.4. The van der Waals surface area contributed by atoms with Crippen LogP contribution in [0.4, 0.5) is 0 Å². The summed E-state index contributed by atoms with van der Waals surface area (Å²) in [6, 6.07) is -0.375. The van der Waals surface area contributed by atoms with Crippen LogP contribution in [-0.4, -0.2) is 45.4 Å². The zero-order valence-electron chi connectivity index (χ0n) is 10.5. The van der Waals surface area contributed by atoms with Crippen molar-refractivity contribution in [3.8, 4) is 0 Å². The third kappa shape index (κ3) is 2.13. The molecule has 97 valence electrons. The van der Waals surface area contributed by atoms with Crippen LogP contribution in [0.2, 0.25) is 0 Å². The molecule has 0 aromatic heterocycles. The number of fused-ring (bicyclic) bond motifs is 3. The Hall–Kier alpha value is 1.24. The fraction of sp³-hybridized carbons (Fsp3) is 1.00. The second-order valence-electron chi connectivity index (χ2n) is 5.14. The van der Waals surface area contributed by atoms with Gasteiger partial charge in [-0.3, -0.25) is 4.57 Å². The summed E-state index contributed by atoms with van der Waals surface area (Å²) in [5.41, 5.74) is -0.853. The molecule has 5 nitrogen and oxygen atoms in total. The van der Waals surface area contributed by atoms with E-state index in [0.29, 0.717) is 12.3 Å². The van der Waals surface area contributed by atoms with Crippen molar-refractivity contribution in [3.05, 3.63) is 0 Å². The van der Waals surface area contributed by atoms with E-state index in [1.54, 1.807) is 7.11 Å². The van der Waals surface area contributed by atoms with Gasteiger partial charge in [0.2, 0.25) is 0 Å². The molecular weight excluding hydrogens is 331 g/mol. The van der Waals surface area contributed by atoms with Crippen LogP contribution in [0, 0.1) is 5.92 Å². The van der Waals surface area contributed by atoms with E-state index in [4.69, 9.17) is 26.4 Å². The zero-order chi connectivity index (χ0) is 12.3. The molecule has 2 aliphatic carbocycles. The fourth-order valence-corrected chi connectivity index (χ4v) is 4.25. The van der Waals surface area contributed by atoms with E-state index in [1.165, 1.54) is 7.11 Å². The number of hydrogen-bond donors (Lipinski definition) is 0. The van der Waals surface area contributed by atoms with Gasteiger partial charge < -0.3 is 18.5 Å². The van der Waals surface area contributed by atoms with Gasteiger partial charge in [0, 0.05) is 52.9 Å². The molecule has 3 fully saturated rings. The summed E-state index contributed by atoms with van der Waals surface area (Å²) in [6.07, 6.45) is 2.10. The second kappa shape index (κ2) is 5.21. The van der Waals surface area contributed by atoms with Crippen molar-refractivity contribution in [2.75, 3.05) is 14.2 Å². The van der Waals surface area contributed by atoms with Crippen LogP contribution in [0.25, 0.3) is 0 Å². The molecule has 0 amide bonds. The first-order valence-electron chi connectivity index (χ1n) is 5.79. The van der Waals surface area contributed by atoms with Crippen LogP contribution >= 0.6 is 8.25 Å². The quantitative estimate of drug-likeness (QED) is 0.558. The fourth-order valence-electron chi connectivity index (χ4n) is 3.56. The van der Waals surface area contributed by atoms with Crippen LogP contribution in [-0.2, 0) is 55.8 Å². The largest absolute Gasteiger partial charge is 0.379 e. The summed E-state index contributed by atoms with van der Waals surface area (Å²) in [4.78, 5) is 0. The van der Waals surface area contributed by atoms with Crippen molar-refractivity contribution in [1.82, 2.24) is 0 Å². The average molecular weight is 347 g/mol. The van der Waals surface area contributed by atoms with Crippen LogP contribution in [0.3, 0.4) is 0 Å². The first-order chi connectivity index (χ1) is 8.06. The molecule has 0 aromatic rings. The van der Waals surface area contributed by atoms with Gasteiger partial charge in [-0.15, -0.1) is 0 Å². The van der Waals surface area contributed by atoms with Crippen molar-refractivity contribution in [3.63, 3.8) is 0 Å². The Morgan fingerprint density at radius 3 is 2.67 bits per heavy atom. The first kappa shape index (κ1) is 15.6. The van der Waals surface area contributed by atoms with Gasteiger partial charge in [0.25, 0.3) is 0 Å². The van der Waals surface area contributed by atoms with Crippen LogP contribution in [0.15, 0.2) is 0 Å². The molecule has 2 saturated carbocycles. The number of rotatable bonds is 4. The predicted molar refractivity (Wildman–Crippen MR) is 61.3 cm³/mol. The van der Waals surface area contributed by atoms with E-state index >= 15 is 0 Å². The number of hydrogen-bond acceptors (Lipinski definition) is 5. The molecule has 0 aromatic carbocycles. The van der Waals surface area contributed by atoms with Crippen molar-refractivity contribution in [2.24, 2.45) is 5.92 Å². The smallest absolute Gasteiger partial charge is 0.319 e. The van der Waals surface area contributed by atoms with Crippen molar-refractivity contribution < 1.29 is 55.8 Å². The third-order valence-corrected chi connectivity index (χ3v) is 5.21. The van der Waals surface area contributed by atoms with Gasteiger partial charge in [0.1, 0.15) is 25.2 Å². The van der Waals surface area contributed by atoms with Gasteiger partial charge in [-0.05, 0) is 25.2 Å². The summed E-state index contributed by atoms with van der Waals surface area (Å²) >= 11 is 0. The molecule has 8 heteroatoms. The molecule has 18 heavy (non-hydrogen) atoms. The molecule has 0 N–H and O–H groups in total. The SMILES string of the molecule is [B][C@H]1C[C@@]2(O[PH](=O)OC)C[C@@H]3C[C@]3(OC)C2O1.[Y]. The topological polar surface area (TPSA) is 54.0 Å². The number of ether oxygens (including phenoxy) is 2. The second-order valence-corrected chi connectivity index (χ2v) is 6.26. The van der Waals surface area contributed by atoms with Crippen molar-refractivity contribution in [1.29, 1.82) is 0 Å². The average Bonchev–Trinajstić information content (AvgIpc) is 2.79. The maximum absolute atomic E-state index is 11.5. The van der Waals surface area contributed by atoms with Gasteiger partial charge in [0.15, 0.2) is 0 Å². The van der Waals surface area contributed by atoms with Crippen molar-refractivity contribution in [2.45, 2.75) is 42.6 Å². The van der Waals surface area contributed by atoms with Gasteiger partial charge in [-0.1, -0.05) is 0 Å². The molecule has 2 unspecified atom stereocenters. The predicted octanol–water partition coefficient (Wildman–Crippen LogP) is 0.868. The third-order valence-electron chi connectivity index (χ3n) is 4.30. The number of methoxy groups -OCH3 is 1. The summed E-state index contributed by atoms with van der Waals surface area (Å²) in [6.45, 7) is 0. The molecule has 3 rings (SSSR count). The first-order valence-corrected chi connectivity index (χ1v) is 7.02. The Morgan fingerprint density at radius 2 is 2.06 bits per heavy atom. The normalized spacial score (nSPS) is 50.2. The monoisotopic (exact) mass is 347 g/mol. The Kier molecular flexibility index (Phi) is 4.53. The van der Waals surface area contributed by atoms with E-state index < -0.39 is 13.9 Å². The van der Waals surface area contributed by atoms with Gasteiger partial charge in [-0.25, -0.2) is 0 Å². The summed E-state index contributed by atoms with van der Waals surface area (Å²) in [5.74, 6) is 0.427. The molecule has 1 heterocycles. The van der Waals surface area contributed by atoms with Gasteiger partial charge in [-0.2, -0.15) is 0 Å². The molecule has 1 saturated heterocycles.